The van der Waals surface area contributed by atoms with Crippen LogP contribution in [0.15, 0.2) is 40.9 Å². The SMILES string of the molecule is C/C=C/C(=O)N(C)c1nnc(-c2ccc(Br)cc2)s1. The van der Waals surface area contributed by atoms with Crippen molar-refractivity contribution in [3.8, 4) is 10.6 Å². The summed E-state index contributed by atoms with van der Waals surface area (Å²) in [5.41, 5.74) is 0.985. The molecule has 0 fully saturated rings. The lowest BCUT2D eigenvalue weighted by molar-refractivity contribution is -0.113. The van der Waals surface area contributed by atoms with Crippen LogP contribution in [0.2, 0.25) is 0 Å². The Balaban J connectivity index is 2.23. The lowest BCUT2D eigenvalue weighted by atomic mass is 10.2. The summed E-state index contributed by atoms with van der Waals surface area (Å²) in [7, 11) is 1.69. The maximum Gasteiger partial charge on any atom is 0.252 e. The largest absolute Gasteiger partial charge is 0.286 e. The van der Waals surface area contributed by atoms with Crippen molar-refractivity contribution in [3.63, 3.8) is 0 Å². The van der Waals surface area contributed by atoms with Crippen molar-refractivity contribution in [1.82, 2.24) is 10.2 Å². The lowest BCUT2D eigenvalue weighted by Gasteiger charge is -2.09. The molecule has 6 heteroatoms. The average molecular weight is 338 g/mol. The smallest absolute Gasteiger partial charge is 0.252 e. The molecular weight excluding hydrogens is 326 g/mol. The number of hydrogen-bond donors (Lipinski definition) is 0. The van der Waals surface area contributed by atoms with Gasteiger partial charge in [0.2, 0.25) is 5.13 Å². The number of rotatable bonds is 3. The topological polar surface area (TPSA) is 46.1 Å². The van der Waals surface area contributed by atoms with E-state index in [1.165, 1.54) is 22.3 Å². The minimum absolute atomic E-state index is 0.110. The summed E-state index contributed by atoms with van der Waals surface area (Å²) in [5, 5.41) is 9.54. The van der Waals surface area contributed by atoms with Gasteiger partial charge in [0.1, 0.15) is 5.01 Å². The van der Waals surface area contributed by atoms with Crippen LogP contribution >= 0.6 is 27.3 Å². The first-order valence-electron chi connectivity index (χ1n) is 5.61. The molecule has 1 aromatic carbocycles. The van der Waals surface area contributed by atoms with Crippen molar-refractivity contribution < 1.29 is 4.79 Å². The fourth-order valence-electron chi connectivity index (χ4n) is 1.41. The number of hydrogen-bond acceptors (Lipinski definition) is 4. The number of carbonyl (C=O) groups excluding carboxylic acids is 1. The molecule has 1 amide bonds. The molecule has 0 spiro atoms. The van der Waals surface area contributed by atoms with E-state index in [0.717, 1.165) is 15.0 Å². The van der Waals surface area contributed by atoms with Gasteiger partial charge < -0.3 is 0 Å². The zero-order chi connectivity index (χ0) is 13.8. The summed E-state index contributed by atoms with van der Waals surface area (Å²) in [6.07, 6.45) is 3.20. The molecule has 2 rings (SSSR count). The summed E-state index contributed by atoms with van der Waals surface area (Å²) < 4.78 is 1.02. The quantitative estimate of drug-likeness (QED) is 0.805. The molecule has 4 nitrogen and oxygen atoms in total. The van der Waals surface area contributed by atoms with E-state index in [2.05, 4.69) is 26.1 Å². The predicted molar refractivity (Wildman–Crippen MR) is 81.3 cm³/mol. The Kier molecular flexibility index (Phi) is 4.44. The van der Waals surface area contributed by atoms with Gasteiger partial charge in [-0.25, -0.2) is 0 Å². The third-order valence-electron chi connectivity index (χ3n) is 2.43. The Morgan fingerprint density at radius 1 is 1.32 bits per heavy atom. The molecule has 0 N–H and O–H groups in total. The minimum Gasteiger partial charge on any atom is -0.286 e. The Bertz CT molecular complexity index is 607. The number of benzene rings is 1. The van der Waals surface area contributed by atoms with Crippen LogP contribution in [0, 0.1) is 0 Å². The van der Waals surface area contributed by atoms with Crippen molar-refractivity contribution in [2.24, 2.45) is 0 Å². The number of anilines is 1. The Labute approximate surface area is 123 Å². The number of carbonyl (C=O) groups is 1. The lowest BCUT2D eigenvalue weighted by Crippen LogP contribution is -2.23. The molecule has 0 saturated heterocycles. The number of amides is 1. The van der Waals surface area contributed by atoms with E-state index in [1.807, 2.05) is 24.3 Å². The second-order valence-electron chi connectivity index (χ2n) is 3.79. The number of likely N-dealkylation sites (N-methyl/N-ethyl adjacent to an activating group) is 1. The van der Waals surface area contributed by atoms with Crippen LogP contribution < -0.4 is 4.90 Å². The summed E-state index contributed by atoms with van der Waals surface area (Å²) >= 11 is 4.78. The van der Waals surface area contributed by atoms with E-state index < -0.39 is 0 Å². The molecule has 0 aliphatic carbocycles. The maximum absolute atomic E-state index is 11.7. The molecule has 1 aromatic heterocycles. The standard InChI is InChI=1S/C13H12BrN3OS/c1-3-4-11(18)17(2)13-16-15-12(19-13)9-5-7-10(14)8-6-9/h3-8H,1-2H3/b4-3+. The molecule has 19 heavy (non-hydrogen) atoms. The van der Waals surface area contributed by atoms with Crippen LogP contribution in [0.5, 0.6) is 0 Å². The second-order valence-corrected chi connectivity index (χ2v) is 5.67. The van der Waals surface area contributed by atoms with Crippen LogP contribution in [0.25, 0.3) is 10.6 Å². The van der Waals surface area contributed by atoms with Crippen LogP contribution in [0.4, 0.5) is 5.13 Å². The third kappa shape index (κ3) is 3.27. The Hall–Kier alpha value is -1.53. The highest BCUT2D eigenvalue weighted by Gasteiger charge is 2.14. The number of aromatic nitrogens is 2. The van der Waals surface area contributed by atoms with Gasteiger partial charge in [-0.15, -0.1) is 10.2 Å². The average Bonchev–Trinajstić information content (AvgIpc) is 2.88. The van der Waals surface area contributed by atoms with Crippen LogP contribution in [-0.2, 0) is 4.79 Å². The van der Waals surface area contributed by atoms with E-state index in [-0.39, 0.29) is 5.91 Å². The monoisotopic (exact) mass is 337 g/mol. The van der Waals surface area contributed by atoms with Gasteiger partial charge in [0.25, 0.3) is 5.91 Å². The molecule has 0 unspecified atom stereocenters. The van der Waals surface area contributed by atoms with E-state index in [9.17, 15) is 4.79 Å². The first kappa shape index (κ1) is 13.9. The van der Waals surface area contributed by atoms with Crippen molar-refractivity contribution >= 4 is 38.3 Å². The molecule has 1 heterocycles. The summed E-state index contributed by atoms with van der Waals surface area (Å²) in [6, 6.07) is 7.82. The molecule has 0 saturated carbocycles. The summed E-state index contributed by atoms with van der Waals surface area (Å²) in [4.78, 5) is 13.2. The molecule has 2 aromatic rings. The number of allylic oxidation sites excluding steroid dienone is 1. The van der Waals surface area contributed by atoms with E-state index in [1.54, 1.807) is 20.0 Å². The van der Waals surface area contributed by atoms with Gasteiger partial charge in [-0.2, -0.15) is 0 Å². The fraction of sp³-hybridized carbons (Fsp3) is 0.154. The van der Waals surface area contributed by atoms with Gasteiger partial charge in [-0.3, -0.25) is 9.69 Å². The highest BCUT2D eigenvalue weighted by Crippen LogP contribution is 2.29. The van der Waals surface area contributed by atoms with E-state index in [0.29, 0.717) is 5.13 Å². The minimum atomic E-state index is -0.110. The van der Waals surface area contributed by atoms with E-state index >= 15 is 0 Å². The second kappa shape index (κ2) is 6.08. The van der Waals surface area contributed by atoms with Gasteiger partial charge in [0, 0.05) is 17.1 Å². The third-order valence-corrected chi connectivity index (χ3v) is 4.01. The molecular formula is C13H12BrN3OS. The van der Waals surface area contributed by atoms with Crippen LogP contribution in [-0.4, -0.2) is 23.2 Å². The molecule has 98 valence electrons. The fourth-order valence-corrected chi connectivity index (χ4v) is 2.49. The highest BCUT2D eigenvalue weighted by atomic mass is 79.9. The number of nitrogens with zero attached hydrogens (tertiary/aromatic N) is 3. The van der Waals surface area contributed by atoms with Crippen molar-refractivity contribution in [2.75, 3.05) is 11.9 Å². The van der Waals surface area contributed by atoms with Gasteiger partial charge in [0.15, 0.2) is 0 Å². The molecule has 0 bridgehead atoms. The summed E-state index contributed by atoms with van der Waals surface area (Å²) in [6.45, 7) is 1.80. The van der Waals surface area contributed by atoms with Crippen molar-refractivity contribution in [2.45, 2.75) is 6.92 Å². The van der Waals surface area contributed by atoms with Crippen molar-refractivity contribution in [3.05, 3.63) is 40.9 Å². The Morgan fingerprint density at radius 3 is 2.63 bits per heavy atom. The molecule has 0 radical (unpaired) electrons. The van der Waals surface area contributed by atoms with Gasteiger partial charge in [-0.1, -0.05) is 45.5 Å². The zero-order valence-electron chi connectivity index (χ0n) is 10.5. The maximum atomic E-state index is 11.7. The first-order chi connectivity index (χ1) is 9.11. The number of halogens is 1. The van der Waals surface area contributed by atoms with Gasteiger partial charge >= 0.3 is 0 Å². The van der Waals surface area contributed by atoms with Gasteiger partial charge in [0.05, 0.1) is 0 Å². The normalized spacial score (nSPS) is 10.9. The van der Waals surface area contributed by atoms with Crippen LogP contribution in [0.3, 0.4) is 0 Å². The Morgan fingerprint density at radius 2 is 2.00 bits per heavy atom. The first-order valence-corrected chi connectivity index (χ1v) is 7.22. The predicted octanol–water partition coefficient (Wildman–Crippen LogP) is 3.51. The van der Waals surface area contributed by atoms with Crippen molar-refractivity contribution in [1.29, 1.82) is 0 Å². The molecule has 0 aliphatic heterocycles. The zero-order valence-corrected chi connectivity index (χ0v) is 12.9. The van der Waals surface area contributed by atoms with E-state index in [4.69, 9.17) is 0 Å². The molecule has 0 atom stereocenters. The summed E-state index contributed by atoms with van der Waals surface area (Å²) in [5.74, 6) is -0.110. The van der Waals surface area contributed by atoms with Crippen LogP contribution in [0.1, 0.15) is 6.92 Å². The molecule has 0 aliphatic rings. The highest BCUT2D eigenvalue weighted by molar-refractivity contribution is 9.10. The van der Waals surface area contributed by atoms with Gasteiger partial charge in [-0.05, 0) is 25.1 Å².